The minimum absolute atomic E-state index is 0.00957. The monoisotopic (exact) mass is 233 g/mol. The van der Waals surface area contributed by atoms with E-state index in [1.807, 2.05) is 0 Å². The Balaban J connectivity index is 2.53. The molecule has 0 radical (unpaired) electrons. The average molecular weight is 234 g/mol. The maximum atomic E-state index is 11.7. The maximum Gasteiger partial charge on any atom is 0.240 e. The molecular formula is C11H20ClNO2. The van der Waals surface area contributed by atoms with Gasteiger partial charge in [-0.2, -0.15) is 0 Å². The quantitative estimate of drug-likeness (QED) is 0.753. The lowest BCUT2D eigenvalue weighted by Crippen LogP contribution is -2.47. The largest absolute Gasteiger partial charge is 0.393 e. The fraction of sp³-hybridized carbons (Fsp3) is 0.909. The molecule has 15 heavy (non-hydrogen) atoms. The van der Waals surface area contributed by atoms with Crippen LogP contribution in [0.3, 0.4) is 0 Å². The van der Waals surface area contributed by atoms with Gasteiger partial charge >= 0.3 is 0 Å². The van der Waals surface area contributed by atoms with Crippen molar-refractivity contribution < 1.29 is 9.90 Å². The first kappa shape index (κ1) is 12.8. The van der Waals surface area contributed by atoms with Crippen molar-refractivity contribution in [3.05, 3.63) is 0 Å². The zero-order valence-corrected chi connectivity index (χ0v) is 10.2. The number of piperidine rings is 1. The van der Waals surface area contributed by atoms with E-state index in [4.69, 9.17) is 11.6 Å². The summed E-state index contributed by atoms with van der Waals surface area (Å²) in [4.78, 5) is 13.4. The van der Waals surface area contributed by atoms with E-state index in [1.54, 1.807) is 11.8 Å². The smallest absolute Gasteiger partial charge is 0.240 e. The summed E-state index contributed by atoms with van der Waals surface area (Å²) in [5.74, 6) is 0.216. The van der Waals surface area contributed by atoms with Crippen molar-refractivity contribution in [2.75, 3.05) is 13.1 Å². The van der Waals surface area contributed by atoms with Crippen molar-refractivity contribution in [2.24, 2.45) is 5.92 Å². The first-order valence-electron chi connectivity index (χ1n) is 5.67. The second-order valence-corrected chi connectivity index (χ2v) is 4.96. The van der Waals surface area contributed by atoms with Crippen LogP contribution in [0.4, 0.5) is 0 Å². The number of carbonyl (C=O) groups excluding carboxylic acids is 1. The molecule has 1 heterocycles. The van der Waals surface area contributed by atoms with Crippen LogP contribution in [0.15, 0.2) is 0 Å². The summed E-state index contributed by atoms with van der Waals surface area (Å²) in [6.45, 7) is 5.09. The molecule has 3 unspecified atom stereocenters. The highest BCUT2D eigenvalue weighted by molar-refractivity contribution is 6.30. The van der Waals surface area contributed by atoms with E-state index in [0.717, 1.165) is 12.8 Å². The van der Waals surface area contributed by atoms with Crippen LogP contribution in [0.1, 0.15) is 33.1 Å². The molecule has 1 aliphatic rings. The van der Waals surface area contributed by atoms with E-state index >= 15 is 0 Å². The summed E-state index contributed by atoms with van der Waals surface area (Å²) in [7, 11) is 0. The number of amides is 1. The van der Waals surface area contributed by atoms with Crippen molar-refractivity contribution in [1.82, 2.24) is 4.90 Å². The number of carbonyl (C=O) groups is 1. The van der Waals surface area contributed by atoms with Crippen LogP contribution in [0, 0.1) is 5.92 Å². The molecule has 4 heteroatoms. The van der Waals surface area contributed by atoms with E-state index < -0.39 is 5.38 Å². The zero-order chi connectivity index (χ0) is 11.4. The number of aliphatic hydroxyl groups is 1. The molecule has 0 spiro atoms. The second-order valence-electron chi connectivity index (χ2n) is 4.31. The van der Waals surface area contributed by atoms with Crippen LogP contribution in [0.25, 0.3) is 0 Å². The predicted octanol–water partition coefficient (Wildman–Crippen LogP) is 1.62. The van der Waals surface area contributed by atoms with Gasteiger partial charge in [0.15, 0.2) is 0 Å². The Morgan fingerprint density at radius 1 is 1.67 bits per heavy atom. The van der Waals surface area contributed by atoms with E-state index in [9.17, 15) is 9.90 Å². The lowest BCUT2D eigenvalue weighted by molar-refractivity contribution is -0.134. The van der Waals surface area contributed by atoms with Crippen molar-refractivity contribution >= 4 is 17.5 Å². The van der Waals surface area contributed by atoms with Gasteiger partial charge in [-0.1, -0.05) is 13.3 Å². The summed E-state index contributed by atoms with van der Waals surface area (Å²) < 4.78 is 0. The van der Waals surface area contributed by atoms with Crippen molar-refractivity contribution in [3.8, 4) is 0 Å². The molecule has 1 amide bonds. The Hall–Kier alpha value is -0.280. The maximum absolute atomic E-state index is 11.7. The number of aliphatic hydroxyl groups excluding tert-OH is 1. The SMILES string of the molecule is CCCC1CN(C(=O)C(C)Cl)CCC1O. The summed E-state index contributed by atoms with van der Waals surface area (Å²) >= 11 is 5.77. The summed E-state index contributed by atoms with van der Waals surface area (Å²) in [5, 5.41) is 9.31. The topological polar surface area (TPSA) is 40.5 Å². The minimum atomic E-state index is -0.456. The van der Waals surface area contributed by atoms with Crippen molar-refractivity contribution in [2.45, 2.75) is 44.6 Å². The number of nitrogens with zero attached hydrogens (tertiary/aromatic N) is 1. The standard InChI is InChI=1S/C11H20ClNO2/c1-3-4-9-7-13(6-5-10(9)14)11(15)8(2)12/h8-10,14H,3-7H2,1-2H3. The van der Waals surface area contributed by atoms with Crippen LogP contribution < -0.4 is 0 Å². The van der Waals surface area contributed by atoms with Gasteiger partial charge < -0.3 is 10.0 Å². The second kappa shape index (κ2) is 5.71. The Kier molecular flexibility index (Phi) is 4.87. The highest BCUT2D eigenvalue weighted by atomic mass is 35.5. The van der Waals surface area contributed by atoms with E-state index in [2.05, 4.69) is 6.92 Å². The van der Waals surface area contributed by atoms with E-state index in [-0.39, 0.29) is 17.9 Å². The molecule has 1 N–H and O–H groups in total. The highest BCUT2D eigenvalue weighted by Gasteiger charge is 2.30. The van der Waals surface area contributed by atoms with E-state index in [1.165, 1.54) is 0 Å². The van der Waals surface area contributed by atoms with Crippen LogP contribution in [0.2, 0.25) is 0 Å². The van der Waals surface area contributed by atoms with Gasteiger partial charge in [-0.3, -0.25) is 4.79 Å². The van der Waals surface area contributed by atoms with Crippen LogP contribution in [-0.4, -0.2) is 40.5 Å². The van der Waals surface area contributed by atoms with Gasteiger partial charge in [0.1, 0.15) is 5.38 Å². The highest BCUT2D eigenvalue weighted by Crippen LogP contribution is 2.22. The molecule has 3 nitrogen and oxygen atoms in total. The van der Waals surface area contributed by atoms with Gasteiger partial charge in [-0.25, -0.2) is 0 Å². The number of halogens is 1. The first-order valence-corrected chi connectivity index (χ1v) is 6.10. The van der Waals surface area contributed by atoms with E-state index in [0.29, 0.717) is 19.5 Å². The van der Waals surface area contributed by atoms with Gasteiger partial charge in [0.05, 0.1) is 6.10 Å². The summed E-state index contributed by atoms with van der Waals surface area (Å²) in [6.07, 6.45) is 2.45. The van der Waals surface area contributed by atoms with Gasteiger partial charge in [0.2, 0.25) is 5.91 Å². The Morgan fingerprint density at radius 2 is 2.33 bits per heavy atom. The van der Waals surface area contributed by atoms with Crippen LogP contribution in [0.5, 0.6) is 0 Å². The predicted molar refractivity (Wildman–Crippen MR) is 60.9 cm³/mol. The van der Waals surface area contributed by atoms with Crippen LogP contribution >= 0.6 is 11.6 Å². The molecule has 1 rings (SSSR count). The van der Waals surface area contributed by atoms with Gasteiger partial charge in [-0.05, 0) is 19.8 Å². The Bertz CT molecular complexity index is 221. The fourth-order valence-electron chi connectivity index (χ4n) is 2.13. The Morgan fingerprint density at radius 3 is 2.87 bits per heavy atom. The lowest BCUT2D eigenvalue weighted by Gasteiger charge is -2.36. The van der Waals surface area contributed by atoms with Crippen LogP contribution in [-0.2, 0) is 4.79 Å². The normalized spacial score (nSPS) is 28.9. The third-order valence-corrected chi connectivity index (χ3v) is 3.19. The number of rotatable bonds is 3. The summed E-state index contributed by atoms with van der Waals surface area (Å²) in [5.41, 5.74) is 0. The molecule has 88 valence electrons. The number of likely N-dealkylation sites (tertiary alicyclic amines) is 1. The number of hydrogen-bond acceptors (Lipinski definition) is 2. The first-order chi connectivity index (χ1) is 7.06. The van der Waals surface area contributed by atoms with Gasteiger partial charge in [0.25, 0.3) is 0 Å². The number of hydrogen-bond donors (Lipinski definition) is 1. The summed E-state index contributed by atoms with van der Waals surface area (Å²) in [6, 6.07) is 0. The molecule has 0 aromatic rings. The molecule has 0 aromatic heterocycles. The molecule has 1 aliphatic heterocycles. The van der Waals surface area contributed by atoms with Gasteiger partial charge in [-0.15, -0.1) is 11.6 Å². The van der Waals surface area contributed by atoms with Crippen molar-refractivity contribution in [3.63, 3.8) is 0 Å². The molecule has 0 saturated carbocycles. The third-order valence-electron chi connectivity index (χ3n) is 3.01. The molecule has 0 bridgehead atoms. The molecule has 1 fully saturated rings. The Labute approximate surface area is 96.4 Å². The molecule has 3 atom stereocenters. The van der Waals surface area contributed by atoms with Crippen molar-refractivity contribution in [1.29, 1.82) is 0 Å². The lowest BCUT2D eigenvalue weighted by atomic mass is 9.90. The molecule has 0 aromatic carbocycles. The minimum Gasteiger partial charge on any atom is -0.393 e. The average Bonchev–Trinajstić information content (AvgIpc) is 2.20. The molecular weight excluding hydrogens is 214 g/mol. The molecule has 1 saturated heterocycles. The fourth-order valence-corrected chi connectivity index (χ4v) is 2.26. The zero-order valence-electron chi connectivity index (χ0n) is 9.45. The third kappa shape index (κ3) is 3.35. The number of alkyl halides is 1. The molecule has 0 aliphatic carbocycles. The van der Waals surface area contributed by atoms with Gasteiger partial charge in [0, 0.05) is 19.0 Å².